The Morgan fingerprint density at radius 3 is 2.94 bits per heavy atom. The quantitative estimate of drug-likeness (QED) is 0.861. The van der Waals surface area contributed by atoms with Gasteiger partial charge in [0.1, 0.15) is 5.75 Å². The van der Waals surface area contributed by atoms with Crippen LogP contribution in [0.25, 0.3) is 0 Å². The van der Waals surface area contributed by atoms with Crippen molar-refractivity contribution in [1.82, 2.24) is 4.98 Å². The summed E-state index contributed by atoms with van der Waals surface area (Å²) in [5, 5.41) is 6.66. The highest BCUT2D eigenvalue weighted by Crippen LogP contribution is 2.18. The third-order valence-electron chi connectivity index (χ3n) is 2.52. The van der Waals surface area contributed by atoms with Gasteiger partial charge in [-0.3, -0.25) is 0 Å². The van der Waals surface area contributed by atoms with Gasteiger partial charge < -0.3 is 10.1 Å². The summed E-state index contributed by atoms with van der Waals surface area (Å²) < 4.78 is 5.47. The van der Waals surface area contributed by atoms with Crippen molar-refractivity contribution in [3.05, 3.63) is 40.3 Å². The molecule has 3 nitrogen and oxygen atoms in total. The second kappa shape index (κ2) is 6.40. The van der Waals surface area contributed by atoms with Crippen LogP contribution < -0.4 is 10.1 Å². The molecular weight excluding hydrogens is 244 g/mol. The van der Waals surface area contributed by atoms with Crippen LogP contribution in [0.5, 0.6) is 5.75 Å². The molecule has 1 N–H and O–H groups in total. The summed E-state index contributed by atoms with van der Waals surface area (Å²) in [6.07, 6.45) is 1.00. The zero-order valence-electron chi connectivity index (χ0n) is 10.8. The topological polar surface area (TPSA) is 34.1 Å². The first-order valence-electron chi connectivity index (χ1n) is 6.21. The fraction of sp³-hybridized carbons (Fsp3) is 0.357. The average molecular weight is 262 g/mol. The van der Waals surface area contributed by atoms with Crippen molar-refractivity contribution in [3.63, 3.8) is 0 Å². The zero-order valence-corrected chi connectivity index (χ0v) is 11.6. The van der Waals surface area contributed by atoms with E-state index in [-0.39, 0.29) is 0 Å². The summed E-state index contributed by atoms with van der Waals surface area (Å²) in [5.41, 5.74) is 2.16. The molecule has 0 spiro atoms. The minimum Gasteiger partial charge on any atom is -0.494 e. The summed E-state index contributed by atoms with van der Waals surface area (Å²) in [7, 11) is 0. The molecule has 0 aliphatic rings. The number of aryl methyl sites for hydroxylation is 1. The van der Waals surface area contributed by atoms with Crippen molar-refractivity contribution < 1.29 is 4.74 Å². The monoisotopic (exact) mass is 262 g/mol. The van der Waals surface area contributed by atoms with Gasteiger partial charge >= 0.3 is 0 Å². The number of ether oxygens (including phenoxy) is 1. The van der Waals surface area contributed by atoms with E-state index in [1.807, 2.05) is 31.2 Å². The van der Waals surface area contributed by atoms with E-state index in [4.69, 9.17) is 4.74 Å². The van der Waals surface area contributed by atoms with E-state index in [0.29, 0.717) is 6.61 Å². The molecule has 0 bridgehead atoms. The van der Waals surface area contributed by atoms with Gasteiger partial charge in [0.25, 0.3) is 0 Å². The van der Waals surface area contributed by atoms with Crippen molar-refractivity contribution in [2.75, 3.05) is 11.9 Å². The van der Waals surface area contributed by atoms with E-state index in [2.05, 4.69) is 22.6 Å². The molecule has 0 aliphatic carbocycles. The Morgan fingerprint density at radius 1 is 1.33 bits per heavy atom. The highest BCUT2D eigenvalue weighted by atomic mass is 32.1. The Morgan fingerprint density at radius 2 is 2.22 bits per heavy atom. The van der Waals surface area contributed by atoms with Crippen LogP contribution in [0.15, 0.2) is 29.6 Å². The zero-order chi connectivity index (χ0) is 12.8. The Hall–Kier alpha value is -1.55. The molecule has 0 saturated heterocycles. The molecule has 1 aromatic heterocycles. The molecule has 0 saturated carbocycles. The molecule has 0 aliphatic heterocycles. The normalized spacial score (nSPS) is 10.3. The van der Waals surface area contributed by atoms with Crippen molar-refractivity contribution in [2.24, 2.45) is 0 Å². The van der Waals surface area contributed by atoms with E-state index >= 15 is 0 Å². The summed E-state index contributed by atoms with van der Waals surface area (Å²) in [6, 6.07) is 8.00. The molecule has 1 heterocycles. The van der Waals surface area contributed by atoms with Crippen molar-refractivity contribution in [1.29, 1.82) is 0 Å². The van der Waals surface area contributed by atoms with Gasteiger partial charge in [-0.15, -0.1) is 11.3 Å². The molecule has 96 valence electrons. The number of nitrogens with one attached hydrogen (secondary N) is 1. The van der Waals surface area contributed by atoms with Gasteiger partial charge in [0.05, 0.1) is 23.9 Å². The molecule has 0 fully saturated rings. The van der Waals surface area contributed by atoms with E-state index in [1.165, 1.54) is 5.01 Å². The Kier molecular flexibility index (Phi) is 4.59. The molecule has 1 aromatic carbocycles. The van der Waals surface area contributed by atoms with Crippen LogP contribution in [0.1, 0.15) is 24.5 Å². The average Bonchev–Trinajstić information content (AvgIpc) is 2.85. The highest BCUT2D eigenvalue weighted by molar-refractivity contribution is 7.09. The van der Waals surface area contributed by atoms with Crippen LogP contribution in [0.2, 0.25) is 0 Å². The number of benzene rings is 1. The van der Waals surface area contributed by atoms with Crippen molar-refractivity contribution in [3.8, 4) is 5.75 Å². The van der Waals surface area contributed by atoms with Gasteiger partial charge in [0.2, 0.25) is 0 Å². The van der Waals surface area contributed by atoms with Gasteiger partial charge in [0, 0.05) is 17.1 Å². The lowest BCUT2D eigenvalue weighted by Gasteiger charge is -2.07. The Bertz CT molecular complexity index is 496. The second-order valence-electron chi connectivity index (χ2n) is 3.90. The van der Waals surface area contributed by atoms with Crippen LogP contribution in [0, 0.1) is 0 Å². The maximum absolute atomic E-state index is 5.47. The van der Waals surface area contributed by atoms with Gasteiger partial charge in [-0.2, -0.15) is 0 Å². The predicted octanol–water partition coefficient (Wildman–Crippen LogP) is 3.72. The summed E-state index contributed by atoms with van der Waals surface area (Å²) in [4.78, 5) is 4.53. The third-order valence-corrected chi connectivity index (χ3v) is 3.56. The van der Waals surface area contributed by atoms with Crippen molar-refractivity contribution >= 4 is 17.0 Å². The van der Waals surface area contributed by atoms with Crippen LogP contribution in [-0.2, 0) is 13.0 Å². The van der Waals surface area contributed by atoms with Gasteiger partial charge in [-0.1, -0.05) is 13.0 Å². The SMILES string of the molecule is CCOc1cccc(NCc2csc(CC)n2)c1. The molecule has 0 unspecified atom stereocenters. The van der Waals surface area contributed by atoms with E-state index in [1.54, 1.807) is 11.3 Å². The first-order chi connectivity index (χ1) is 8.81. The van der Waals surface area contributed by atoms with Gasteiger partial charge in [-0.05, 0) is 25.5 Å². The van der Waals surface area contributed by atoms with E-state index in [0.717, 1.165) is 30.1 Å². The fourth-order valence-corrected chi connectivity index (χ4v) is 2.39. The number of anilines is 1. The lowest BCUT2D eigenvalue weighted by molar-refractivity contribution is 0.340. The second-order valence-corrected chi connectivity index (χ2v) is 4.84. The Balaban J connectivity index is 1.94. The molecule has 0 atom stereocenters. The number of aromatic nitrogens is 1. The summed E-state index contributed by atoms with van der Waals surface area (Å²) in [5.74, 6) is 0.898. The summed E-state index contributed by atoms with van der Waals surface area (Å²) >= 11 is 1.72. The molecular formula is C14H18N2OS. The highest BCUT2D eigenvalue weighted by Gasteiger charge is 2.01. The number of hydrogen-bond donors (Lipinski definition) is 1. The minimum atomic E-state index is 0.690. The molecule has 2 rings (SSSR count). The minimum absolute atomic E-state index is 0.690. The lowest BCUT2D eigenvalue weighted by Crippen LogP contribution is -2.00. The number of nitrogens with zero attached hydrogens (tertiary/aromatic N) is 1. The lowest BCUT2D eigenvalue weighted by atomic mass is 10.3. The fourth-order valence-electron chi connectivity index (χ4n) is 1.65. The van der Waals surface area contributed by atoms with Gasteiger partial charge in [-0.25, -0.2) is 4.98 Å². The number of hydrogen-bond acceptors (Lipinski definition) is 4. The summed E-state index contributed by atoms with van der Waals surface area (Å²) in [6.45, 7) is 5.56. The van der Waals surface area contributed by atoms with Crippen LogP contribution in [0.3, 0.4) is 0 Å². The molecule has 2 aromatic rings. The van der Waals surface area contributed by atoms with Crippen molar-refractivity contribution in [2.45, 2.75) is 26.8 Å². The smallest absolute Gasteiger partial charge is 0.121 e. The predicted molar refractivity (Wildman–Crippen MR) is 76.4 cm³/mol. The maximum Gasteiger partial charge on any atom is 0.121 e. The molecule has 0 amide bonds. The number of thiazole rings is 1. The van der Waals surface area contributed by atoms with Crippen LogP contribution in [-0.4, -0.2) is 11.6 Å². The third kappa shape index (κ3) is 3.47. The van der Waals surface area contributed by atoms with E-state index in [9.17, 15) is 0 Å². The van der Waals surface area contributed by atoms with Gasteiger partial charge in [0.15, 0.2) is 0 Å². The van der Waals surface area contributed by atoms with E-state index < -0.39 is 0 Å². The largest absolute Gasteiger partial charge is 0.494 e. The maximum atomic E-state index is 5.47. The molecule has 0 radical (unpaired) electrons. The van der Waals surface area contributed by atoms with Crippen LogP contribution >= 0.6 is 11.3 Å². The first-order valence-corrected chi connectivity index (χ1v) is 7.09. The molecule has 4 heteroatoms. The van der Waals surface area contributed by atoms with Crippen LogP contribution in [0.4, 0.5) is 5.69 Å². The standard InChI is InChI=1S/C14H18N2OS/c1-3-14-16-12(10-18-14)9-15-11-6-5-7-13(8-11)17-4-2/h5-8,10,15H,3-4,9H2,1-2H3. The Labute approximate surface area is 112 Å². The number of rotatable bonds is 6. The first kappa shape index (κ1) is 12.9. The molecule has 18 heavy (non-hydrogen) atoms.